The molecule has 5 nitrogen and oxygen atoms in total. The molecule has 0 bridgehead atoms. The highest BCUT2D eigenvalue weighted by Gasteiger charge is 2.39. The van der Waals surface area contributed by atoms with E-state index in [1.165, 1.54) is 0 Å². The third-order valence-electron chi connectivity index (χ3n) is 3.95. The standard InChI is InChI=1S/C15H22N2O3/c1-14(11-18,12-5-3-2-4-6-12)17-13(19)15(16)7-9-20-10-8-15/h2-6,18H,7-11,16H2,1H3,(H,17,19). The van der Waals surface area contributed by atoms with Crippen molar-refractivity contribution in [2.75, 3.05) is 19.8 Å². The second-order valence-electron chi connectivity index (χ2n) is 5.58. The predicted molar refractivity (Wildman–Crippen MR) is 76.0 cm³/mol. The maximum atomic E-state index is 12.5. The number of aliphatic hydroxyl groups excluding tert-OH is 1. The zero-order valence-corrected chi connectivity index (χ0v) is 11.8. The lowest BCUT2D eigenvalue weighted by Crippen LogP contribution is -2.61. The van der Waals surface area contributed by atoms with Crippen molar-refractivity contribution in [3.8, 4) is 0 Å². The maximum absolute atomic E-state index is 12.5. The summed E-state index contributed by atoms with van der Waals surface area (Å²) in [5, 5.41) is 12.6. The zero-order chi connectivity index (χ0) is 14.6. The lowest BCUT2D eigenvalue weighted by molar-refractivity contribution is -0.132. The third kappa shape index (κ3) is 3.00. The minimum Gasteiger partial charge on any atom is -0.394 e. The summed E-state index contributed by atoms with van der Waals surface area (Å²) in [4.78, 5) is 12.5. The summed E-state index contributed by atoms with van der Waals surface area (Å²) in [7, 11) is 0. The van der Waals surface area contributed by atoms with E-state index in [9.17, 15) is 9.90 Å². The lowest BCUT2D eigenvalue weighted by Gasteiger charge is -2.37. The normalized spacial score (nSPS) is 20.9. The first-order valence-corrected chi connectivity index (χ1v) is 6.86. The summed E-state index contributed by atoms with van der Waals surface area (Å²) in [5.74, 6) is -0.235. The minimum atomic E-state index is -0.913. The first-order valence-electron chi connectivity index (χ1n) is 6.86. The molecule has 1 atom stereocenters. The van der Waals surface area contributed by atoms with Crippen LogP contribution in [-0.4, -0.2) is 36.4 Å². The van der Waals surface area contributed by atoms with Gasteiger partial charge in [-0.15, -0.1) is 0 Å². The van der Waals surface area contributed by atoms with Crippen LogP contribution in [0.15, 0.2) is 30.3 Å². The quantitative estimate of drug-likeness (QED) is 0.749. The molecular weight excluding hydrogens is 256 g/mol. The fraction of sp³-hybridized carbons (Fsp3) is 0.533. The molecule has 0 saturated carbocycles. The zero-order valence-electron chi connectivity index (χ0n) is 11.8. The Bertz CT molecular complexity index is 457. The number of benzene rings is 1. The molecule has 2 rings (SSSR count). The van der Waals surface area contributed by atoms with E-state index in [1.54, 1.807) is 6.92 Å². The van der Waals surface area contributed by atoms with Gasteiger partial charge < -0.3 is 20.9 Å². The number of rotatable bonds is 4. The van der Waals surface area contributed by atoms with Crippen molar-refractivity contribution >= 4 is 5.91 Å². The Morgan fingerprint density at radius 1 is 1.40 bits per heavy atom. The van der Waals surface area contributed by atoms with Crippen LogP contribution in [0.25, 0.3) is 0 Å². The second-order valence-corrected chi connectivity index (χ2v) is 5.58. The van der Waals surface area contributed by atoms with E-state index >= 15 is 0 Å². The lowest BCUT2D eigenvalue weighted by atomic mass is 9.87. The van der Waals surface area contributed by atoms with E-state index < -0.39 is 11.1 Å². The van der Waals surface area contributed by atoms with Crippen molar-refractivity contribution in [1.82, 2.24) is 5.32 Å². The van der Waals surface area contributed by atoms with Gasteiger partial charge in [0.15, 0.2) is 0 Å². The third-order valence-corrected chi connectivity index (χ3v) is 3.95. The van der Waals surface area contributed by atoms with Crippen molar-refractivity contribution in [2.45, 2.75) is 30.8 Å². The molecule has 1 heterocycles. The van der Waals surface area contributed by atoms with Gasteiger partial charge in [-0.05, 0) is 25.3 Å². The molecule has 0 spiro atoms. The van der Waals surface area contributed by atoms with E-state index in [-0.39, 0.29) is 12.5 Å². The number of carbonyl (C=O) groups is 1. The van der Waals surface area contributed by atoms with Crippen LogP contribution in [-0.2, 0) is 15.1 Å². The largest absolute Gasteiger partial charge is 0.394 e. The predicted octanol–water partition coefficient (Wildman–Crippen LogP) is 0.518. The molecule has 1 amide bonds. The summed E-state index contributed by atoms with van der Waals surface area (Å²) < 4.78 is 5.25. The number of aliphatic hydroxyl groups is 1. The van der Waals surface area contributed by atoms with Gasteiger partial charge in [-0.2, -0.15) is 0 Å². The van der Waals surface area contributed by atoms with E-state index in [1.807, 2.05) is 30.3 Å². The number of amides is 1. The first-order chi connectivity index (χ1) is 9.50. The summed E-state index contributed by atoms with van der Waals surface area (Å²) in [6.45, 7) is 2.59. The van der Waals surface area contributed by atoms with Gasteiger partial charge >= 0.3 is 0 Å². The van der Waals surface area contributed by atoms with E-state index in [2.05, 4.69) is 5.32 Å². The highest BCUT2D eigenvalue weighted by Crippen LogP contribution is 2.24. The van der Waals surface area contributed by atoms with Crippen LogP contribution in [0.3, 0.4) is 0 Å². The van der Waals surface area contributed by atoms with Gasteiger partial charge in [-0.25, -0.2) is 0 Å². The van der Waals surface area contributed by atoms with Crippen molar-refractivity contribution in [3.63, 3.8) is 0 Å². The van der Waals surface area contributed by atoms with Gasteiger partial charge in [0.05, 0.1) is 17.7 Å². The molecular formula is C15H22N2O3. The van der Waals surface area contributed by atoms with E-state index in [4.69, 9.17) is 10.5 Å². The van der Waals surface area contributed by atoms with Gasteiger partial charge in [0.2, 0.25) is 5.91 Å². The van der Waals surface area contributed by atoms with Crippen molar-refractivity contribution in [3.05, 3.63) is 35.9 Å². The highest BCUT2D eigenvalue weighted by atomic mass is 16.5. The molecule has 0 aliphatic carbocycles. The van der Waals surface area contributed by atoms with E-state index in [0.717, 1.165) is 5.56 Å². The number of hydrogen-bond donors (Lipinski definition) is 3. The molecule has 4 N–H and O–H groups in total. The Morgan fingerprint density at radius 2 is 2.00 bits per heavy atom. The van der Waals surface area contributed by atoms with E-state index in [0.29, 0.717) is 26.1 Å². The molecule has 5 heteroatoms. The van der Waals surface area contributed by atoms with Crippen LogP contribution in [0.4, 0.5) is 0 Å². The highest BCUT2D eigenvalue weighted by molar-refractivity contribution is 5.87. The van der Waals surface area contributed by atoms with Crippen LogP contribution in [0, 0.1) is 0 Å². The molecule has 1 unspecified atom stereocenters. The molecule has 1 saturated heterocycles. The molecule has 20 heavy (non-hydrogen) atoms. The summed E-state index contributed by atoms with van der Waals surface area (Å²) >= 11 is 0. The van der Waals surface area contributed by atoms with Crippen molar-refractivity contribution in [1.29, 1.82) is 0 Å². The smallest absolute Gasteiger partial charge is 0.241 e. The first kappa shape index (κ1) is 15.0. The Balaban J connectivity index is 2.15. The molecule has 1 aliphatic rings. The minimum absolute atomic E-state index is 0.185. The number of carbonyl (C=O) groups excluding carboxylic acids is 1. The van der Waals surface area contributed by atoms with Gasteiger partial charge in [0.25, 0.3) is 0 Å². The number of nitrogens with two attached hydrogens (primary N) is 1. The van der Waals surface area contributed by atoms with Gasteiger partial charge in [-0.3, -0.25) is 4.79 Å². The Morgan fingerprint density at radius 3 is 2.55 bits per heavy atom. The van der Waals surface area contributed by atoms with Crippen LogP contribution >= 0.6 is 0 Å². The van der Waals surface area contributed by atoms with Gasteiger partial charge in [-0.1, -0.05) is 30.3 Å². The Labute approximate surface area is 119 Å². The van der Waals surface area contributed by atoms with Gasteiger partial charge in [0.1, 0.15) is 0 Å². The monoisotopic (exact) mass is 278 g/mol. The van der Waals surface area contributed by atoms with Crippen LogP contribution in [0.5, 0.6) is 0 Å². The Kier molecular flexibility index (Phi) is 4.42. The second kappa shape index (κ2) is 5.91. The Hall–Kier alpha value is -1.43. The van der Waals surface area contributed by atoms with Crippen molar-refractivity contribution in [2.24, 2.45) is 5.73 Å². The summed E-state index contributed by atoms with van der Waals surface area (Å²) in [6.07, 6.45) is 0.990. The molecule has 1 fully saturated rings. The SMILES string of the molecule is CC(CO)(NC(=O)C1(N)CCOCC1)c1ccccc1. The van der Waals surface area contributed by atoms with Crippen molar-refractivity contribution < 1.29 is 14.6 Å². The number of nitrogens with one attached hydrogen (secondary N) is 1. The summed E-state index contributed by atoms with van der Waals surface area (Å²) in [6, 6.07) is 9.41. The number of ether oxygens (including phenoxy) is 1. The fourth-order valence-corrected chi connectivity index (χ4v) is 2.35. The average molecular weight is 278 g/mol. The average Bonchev–Trinajstić information content (AvgIpc) is 2.48. The number of hydrogen-bond acceptors (Lipinski definition) is 4. The topological polar surface area (TPSA) is 84.6 Å². The maximum Gasteiger partial charge on any atom is 0.241 e. The van der Waals surface area contributed by atoms with Crippen LogP contribution in [0.1, 0.15) is 25.3 Å². The molecule has 1 aliphatic heterocycles. The molecule has 0 radical (unpaired) electrons. The van der Waals surface area contributed by atoms with Crippen LogP contribution < -0.4 is 11.1 Å². The fourth-order valence-electron chi connectivity index (χ4n) is 2.35. The molecule has 110 valence electrons. The van der Waals surface area contributed by atoms with Crippen LogP contribution in [0.2, 0.25) is 0 Å². The molecule has 1 aromatic rings. The summed E-state index contributed by atoms with van der Waals surface area (Å²) in [5.41, 5.74) is 5.28. The van der Waals surface area contributed by atoms with Gasteiger partial charge in [0, 0.05) is 13.2 Å². The molecule has 0 aromatic heterocycles. The molecule has 1 aromatic carbocycles.